The number of rotatable bonds is 19. The zero-order valence-corrected chi connectivity index (χ0v) is 21.0. The van der Waals surface area contributed by atoms with Crippen molar-refractivity contribution < 1.29 is 13.7 Å². The van der Waals surface area contributed by atoms with Crippen LogP contribution in [-0.2, 0) is 20.5 Å². The summed E-state index contributed by atoms with van der Waals surface area (Å²) in [5.41, 5.74) is 0. The van der Waals surface area contributed by atoms with E-state index in [2.05, 4.69) is 23.8 Å². The Kier molecular flexibility index (Phi) is 18.4. The van der Waals surface area contributed by atoms with E-state index in [0.717, 1.165) is 6.42 Å². The van der Waals surface area contributed by atoms with Gasteiger partial charge in [0.15, 0.2) is 0 Å². The molecule has 5 heteroatoms. The Bertz CT molecular complexity index is 421. The molecule has 0 rings (SSSR count). The first-order chi connectivity index (χ1) is 13.8. The average Bonchev–Trinajstić information content (AvgIpc) is 2.66. The van der Waals surface area contributed by atoms with Crippen LogP contribution >= 0.6 is 0 Å². The lowest BCUT2D eigenvalue weighted by Gasteiger charge is -2.26. The summed E-state index contributed by atoms with van der Waals surface area (Å²) in [5, 5.41) is 0. The SMILES string of the molecule is CCCCCCCCCCCCC/C=C/[C@@H](OCOC)[C@H](C)N[S@](=O)C(C)(C)C. The third kappa shape index (κ3) is 17.2. The van der Waals surface area contributed by atoms with Crippen molar-refractivity contribution in [2.45, 2.75) is 129 Å². The quantitative estimate of drug-likeness (QED) is 0.141. The molecule has 0 aromatic rings. The zero-order chi connectivity index (χ0) is 22.0. The summed E-state index contributed by atoms with van der Waals surface area (Å²) < 4.78 is 26.0. The van der Waals surface area contributed by atoms with Crippen molar-refractivity contribution in [3.8, 4) is 0 Å². The van der Waals surface area contributed by atoms with Crippen molar-refractivity contribution in [2.24, 2.45) is 0 Å². The first-order valence-corrected chi connectivity index (χ1v) is 12.9. The van der Waals surface area contributed by atoms with Crippen LogP contribution in [0.5, 0.6) is 0 Å². The molecule has 3 atom stereocenters. The van der Waals surface area contributed by atoms with E-state index in [1.807, 2.05) is 27.7 Å². The van der Waals surface area contributed by atoms with Crippen molar-refractivity contribution in [3.63, 3.8) is 0 Å². The summed E-state index contributed by atoms with van der Waals surface area (Å²) in [4.78, 5) is 0. The second-order valence-corrected chi connectivity index (χ2v) is 11.1. The van der Waals surface area contributed by atoms with Gasteiger partial charge in [-0.25, -0.2) is 8.93 Å². The summed E-state index contributed by atoms with van der Waals surface area (Å²) >= 11 is 0. The molecule has 0 aromatic heterocycles. The van der Waals surface area contributed by atoms with Gasteiger partial charge in [-0.05, 0) is 40.5 Å². The molecular formula is C24H49NO3S. The molecule has 1 N–H and O–H groups in total. The van der Waals surface area contributed by atoms with Gasteiger partial charge in [-0.3, -0.25) is 0 Å². The third-order valence-corrected chi connectivity index (χ3v) is 6.72. The molecule has 4 nitrogen and oxygen atoms in total. The van der Waals surface area contributed by atoms with E-state index in [-0.39, 0.29) is 23.7 Å². The molecule has 0 radical (unpaired) electrons. The molecule has 0 unspecified atom stereocenters. The van der Waals surface area contributed by atoms with Crippen LogP contribution in [0.1, 0.15) is 112 Å². The molecule has 0 bridgehead atoms. The zero-order valence-electron chi connectivity index (χ0n) is 20.1. The molecule has 174 valence electrons. The first-order valence-electron chi connectivity index (χ1n) is 11.8. The van der Waals surface area contributed by atoms with Crippen LogP contribution in [0.25, 0.3) is 0 Å². The molecule has 0 saturated carbocycles. The maximum Gasteiger partial charge on any atom is 0.147 e. The van der Waals surface area contributed by atoms with Crippen molar-refractivity contribution in [1.82, 2.24) is 4.72 Å². The first kappa shape index (κ1) is 28.8. The topological polar surface area (TPSA) is 47.6 Å². The fourth-order valence-electron chi connectivity index (χ4n) is 3.08. The van der Waals surface area contributed by atoms with Gasteiger partial charge < -0.3 is 9.47 Å². The Morgan fingerprint density at radius 2 is 1.45 bits per heavy atom. The van der Waals surface area contributed by atoms with Gasteiger partial charge in [-0.1, -0.05) is 83.3 Å². The van der Waals surface area contributed by atoms with Gasteiger partial charge >= 0.3 is 0 Å². The van der Waals surface area contributed by atoms with Gasteiger partial charge in [0, 0.05) is 13.2 Å². The second-order valence-electron chi connectivity index (χ2n) is 9.08. The Balaban J connectivity index is 3.97. The number of hydrogen-bond donors (Lipinski definition) is 1. The van der Waals surface area contributed by atoms with E-state index in [1.54, 1.807) is 7.11 Å². The third-order valence-electron chi connectivity index (χ3n) is 5.02. The monoisotopic (exact) mass is 431 g/mol. The Hall–Kier alpha value is -0.230. The van der Waals surface area contributed by atoms with E-state index in [9.17, 15) is 4.21 Å². The second kappa shape index (κ2) is 18.5. The number of allylic oxidation sites excluding steroid dienone is 1. The molecular weight excluding hydrogens is 382 g/mol. The van der Waals surface area contributed by atoms with Crippen LogP contribution in [0.2, 0.25) is 0 Å². The number of hydrogen-bond acceptors (Lipinski definition) is 3. The average molecular weight is 432 g/mol. The normalized spacial score (nSPS) is 15.7. The number of ether oxygens (including phenoxy) is 2. The highest BCUT2D eigenvalue weighted by Crippen LogP contribution is 2.14. The molecule has 0 saturated heterocycles. The fourth-order valence-corrected chi connectivity index (χ4v) is 3.91. The highest BCUT2D eigenvalue weighted by molar-refractivity contribution is 7.84. The lowest BCUT2D eigenvalue weighted by atomic mass is 10.0. The summed E-state index contributed by atoms with van der Waals surface area (Å²) in [6, 6.07) is -0.0428. The van der Waals surface area contributed by atoms with E-state index < -0.39 is 11.0 Å². The molecule has 0 aliphatic carbocycles. The van der Waals surface area contributed by atoms with Crippen molar-refractivity contribution >= 4 is 11.0 Å². The van der Waals surface area contributed by atoms with E-state index in [4.69, 9.17) is 9.47 Å². The minimum Gasteiger partial charge on any atom is -0.359 e. The van der Waals surface area contributed by atoms with Gasteiger partial charge in [-0.2, -0.15) is 0 Å². The maximum atomic E-state index is 12.3. The molecule has 0 heterocycles. The van der Waals surface area contributed by atoms with E-state index in [1.165, 1.54) is 70.6 Å². The maximum absolute atomic E-state index is 12.3. The molecule has 0 fully saturated rings. The van der Waals surface area contributed by atoms with Crippen LogP contribution in [0, 0.1) is 0 Å². The Labute approximate surface area is 184 Å². The van der Waals surface area contributed by atoms with Gasteiger partial charge in [-0.15, -0.1) is 0 Å². The van der Waals surface area contributed by atoms with Crippen LogP contribution < -0.4 is 4.72 Å². The summed E-state index contributed by atoms with van der Waals surface area (Å²) in [5.74, 6) is 0. The molecule has 0 spiro atoms. The van der Waals surface area contributed by atoms with Crippen LogP contribution in [0.4, 0.5) is 0 Å². The van der Waals surface area contributed by atoms with Gasteiger partial charge in [0.05, 0.1) is 21.8 Å². The minimum absolute atomic E-state index is 0.0428. The summed E-state index contributed by atoms with van der Waals surface area (Å²) in [6.07, 6.45) is 20.2. The molecule has 0 aliphatic rings. The highest BCUT2D eigenvalue weighted by Gasteiger charge is 2.24. The Morgan fingerprint density at radius 3 is 1.93 bits per heavy atom. The molecule has 0 aromatic carbocycles. The fraction of sp³-hybridized carbons (Fsp3) is 0.917. The van der Waals surface area contributed by atoms with Gasteiger partial charge in [0.25, 0.3) is 0 Å². The van der Waals surface area contributed by atoms with Gasteiger partial charge in [0.1, 0.15) is 6.79 Å². The lowest BCUT2D eigenvalue weighted by molar-refractivity contribution is -0.0622. The van der Waals surface area contributed by atoms with Crippen LogP contribution in [0.15, 0.2) is 12.2 Å². The highest BCUT2D eigenvalue weighted by atomic mass is 32.2. The Morgan fingerprint density at radius 1 is 0.931 bits per heavy atom. The number of nitrogens with one attached hydrogen (secondary N) is 1. The van der Waals surface area contributed by atoms with Crippen molar-refractivity contribution in [1.29, 1.82) is 0 Å². The van der Waals surface area contributed by atoms with Crippen LogP contribution in [0.3, 0.4) is 0 Å². The minimum atomic E-state index is -1.12. The molecule has 29 heavy (non-hydrogen) atoms. The predicted molar refractivity (Wildman–Crippen MR) is 127 cm³/mol. The van der Waals surface area contributed by atoms with E-state index >= 15 is 0 Å². The van der Waals surface area contributed by atoms with Crippen molar-refractivity contribution in [2.75, 3.05) is 13.9 Å². The summed E-state index contributed by atoms with van der Waals surface area (Å²) in [7, 11) is 0.507. The largest absolute Gasteiger partial charge is 0.359 e. The number of methoxy groups -OCH3 is 1. The predicted octanol–water partition coefficient (Wildman–Crippen LogP) is 6.67. The van der Waals surface area contributed by atoms with Gasteiger partial charge in [0.2, 0.25) is 0 Å². The standard InChI is InChI=1S/C24H49NO3S/c1-7-8-9-10-11-12-13-14-15-16-17-18-19-20-23(28-21-27-6)22(2)25-29(26)24(3,4)5/h19-20,22-23,25H,7-18,21H2,1-6H3/b20-19+/t22-,23+,29+/m0/s1. The van der Waals surface area contributed by atoms with Crippen molar-refractivity contribution in [3.05, 3.63) is 12.2 Å². The molecule has 0 amide bonds. The smallest absolute Gasteiger partial charge is 0.147 e. The summed E-state index contributed by atoms with van der Waals surface area (Å²) in [6.45, 7) is 10.4. The van der Waals surface area contributed by atoms with Crippen LogP contribution in [-0.4, -0.2) is 35.0 Å². The van der Waals surface area contributed by atoms with E-state index in [0.29, 0.717) is 0 Å². The lowest BCUT2D eigenvalue weighted by Crippen LogP contribution is -2.44. The number of unbranched alkanes of at least 4 members (excludes halogenated alkanes) is 11. The molecule has 0 aliphatic heterocycles.